The first-order valence-electron chi connectivity index (χ1n) is 8.88. The number of benzene rings is 1. The van der Waals surface area contributed by atoms with Crippen molar-refractivity contribution < 1.29 is 14.6 Å². The average Bonchev–Trinajstić information content (AvgIpc) is 2.75. The molecule has 1 aromatic rings. The highest BCUT2D eigenvalue weighted by Crippen LogP contribution is 2.37. The van der Waals surface area contributed by atoms with Gasteiger partial charge < -0.3 is 19.9 Å². The van der Waals surface area contributed by atoms with E-state index in [1.54, 1.807) is 0 Å². The molecule has 1 unspecified atom stereocenters. The zero-order valence-corrected chi connectivity index (χ0v) is 14.3. The lowest BCUT2D eigenvalue weighted by Crippen LogP contribution is -2.45. The van der Waals surface area contributed by atoms with E-state index in [0.29, 0.717) is 38.5 Å². The largest absolute Gasteiger partial charge is 0.493 e. The van der Waals surface area contributed by atoms with Crippen molar-refractivity contribution in [2.45, 2.75) is 57.1 Å². The van der Waals surface area contributed by atoms with Gasteiger partial charge in [-0.3, -0.25) is 0 Å². The van der Waals surface area contributed by atoms with E-state index in [2.05, 4.69) is 37.4 Å². The third-order valence-electron chi connectivity index (χ3n) is 5.06. The van der Waals surface area contributed by atoms with Crippen LogP contribution in [0.15, 0.2) is 18.2 Å². The van der Waals surface area contributed by atoms with Crippen molar-refractivity contribution in [1.82, 2.24) is 5.32 Å². The summed E-state index contributed by atoms with van der Waals surface area (Å²) in [6, 6.07) is 6.70. The Balaban J connectivity index is 1.77. The lowest BCUT2D eigenvalue weighted by molar-refractivity contribution is -0.0629. The molecule has 3 rings (SSSR count). The van der Waals surface area contributed by atoms with E-state index in [1.807, 2.05) is 0 Å². The second-order valence-corrected chi connectivity index (χ2v) is 7.18. The zero-order valence-electron chi connectivity index (χ0n) is 14.3. The van der Waals surface area contributed by atoms with E-state index in [0.717, 1.165) is 25.2 Å². The third kappa shape index (κ3) is 3.87. The number of nitrogens with one attached hydrogen (secondary N) is 1. The highest BCUT2D eigenvalue weighted by molar-refractivity contribution is 5.45. The first-order chi connectivity index (χ1) is 11.1. The normalized spacial score (nSPS) is 23.9. The Hall–Kier alpha value is -1.10. The highest BCUT2D eigenvalue weighted by Gasteiger charge is 2.31. The topological polar surface area (TPSA) is 50.7 Å². The van der Waals surface area contributed by atoms with Crippen LogP contribution in [-0.4, -0.2) is 37.1 Å². The first-order valence-corrected chi connectivity index (χ1v) is 8.88. The maximum Gasteiger partial charge on any atom is 0.127 e. The summed E-state index contributed by atoms with van der Waals surface area (Å²) >= 11 is 0. The molecule has 0 saturated carbocycles. The molecule has 2 aliphatic heterocycles. The summed E-state index contributed by atoms with van der Waals surface area (Å²) < 4.78 is 11.4. The summed E-state index contributed by atoms with van der Waals surface area (Å²) in [5.41, 5.74) is 1.88. The second-order valence-electron chi connectivity index (χ2n) is 7.18. The Morgan fingerprint density at radius 1 is 1.26 bits per heavy atom. The van der Waals surface area contributed by atoms with Gasteiger partial charge in [-0.25, -0.2) is 0 Å². The third-order valence-corrected chi connectivity index (χ3v) is 5.06. The van der Waals surface area contributed by atoms with E-state index in [4.69, 9.17) is 9.47 Å². The monoisotopic (exact) mass is 319 g/mol. The molecule has 1 saturated heterocycles. The van der Waals surface area contributed by atoms with Crippen LogP contribution in [0.4, 0.5) is 0 Å². The molecule has 0 radical (unpaired) electrons. The van der Waals surface area contributed by atoms with Gasteiger partial charge in [0.15, 0.2) is 0 Å². The molecule has 0 bridgehead atoms. The molecule has 1 aromatic carbocycles. The van der Waals surface area contributed by atoms with Crippen LogP contribution in [0.2, 0.25) is 0 Å². The van der Waals surface area contributed by atoms with Crippen molar-refractivity contribution in [3.05, 3.63) is 29.3 Å². The number of fused-ring (bicyclic) bond motifs is 1. The minimum absolute atomic E-state index is 0.248. The first kappa shape index (κ1) is 16.7. The maximum atomic E-state index is 10.7. The van der Waals surface area contributed by atoms with Crippen LogP contribution in [-0.2, 0) is 4.74 Å². The van der Waals surface area contributed by atoms with Crippen LogP contribution in [0.1, 0.15) is 62.6 Å². The molecule has 2 heterocycles. The Morgan fingerprint density at radius 3 is 2.78 bits per heavy atom. The zero-order chi connectivity index (χ0) is 16.3. The van der Waals surface area contributed by atoms with E-state index < -0.39 is 5.60 Å². The van der Waals surface area contributed by atoms with Crippen LogP contribution in [0.3, 0.4) is 0 Å². The van der Waals surface area contributed by atoms with Crippen molar-refractivity contribution in [3.8, 4) is 5.75 Å². The van der Waals surface area contributed by atoms with Crippen molar-refractivity contribution >= 4 is 0 Å². The van der Waals surface area contributed by atoms with Gasteiger partial charge in [0.25, 0.3) is 0 Å². The van der Waals surface area contributed by atoms with Gasteiger partial charge in [0.05, 0.1) is 12.2 Å². The highest BCUT2D eigenvalue weighted by atomic mass is 16.5. The van der Waals surface area contributed by atoms with E-state index in [-0.39, 0.29) is 6.04 Å². The molecule has 1 atom stereocenters. The molecular weight excluding hydrogens is 290 g/mol. The predicted molar refractivity (Wildman–Crippen MR) is 91.0 cm³/mol. The van der Waals surface area contributed by atoms with E-state index in [9.17, 15) is 5.11 Å². The van der Waals surface area contributed by atoms with Crippen molar-refractivity contribution in [2.24, 2.45) is 0 Å². The minimum Gasteiger partial charge on any atom is -0.493 e. The molecular formula is C19H29NO3. The Morgan fingerprint density at radius 2 is 2.04 bits per heavy atom. The van der Waals surface area contributed by atoms with Crippen LogP contribution in [0.25, 0.3) is 0 Å². The summed E-state index contributed by atoms with van der Waals surface area (Å²) in [7, 11) is 0. The quantitative estimate of drug-likeness (QED) is 0.895. The lowest BCUT2D eigenvalue weighted by Gasteiger charge is -2.34. The molecule has 0 amide bonds. The lowest BCUT2D eigenvalue weighted by atomic mass is 9.91. The van der Waals surface area contributed by atoms with Gasteiger partial charge >= 0.3 is 0 Å². The number of hydrogen-bond acceptors (Lipinski definition) is 4. The van der Waals surface area contributed by atoms with Gasteiger partial charge in [0, 0.05) is 44.2 Å². The van der Waals surface area contributed by atoms with E-state index in [1.165, 1.54) is 11.1 Å². The van der Waals surface area contributed by atoms with Crippen molar-refractivity contribution in [3.63, 3.8) is 0 Å². The Labute approximate surface area is 139 Å². The number of para-hydroxylation sites is 1. The summed E-state index contributed by atoms with van der Waals surface area (Å²) in [6.45, 7) is 7.10. The summed E-state index contributed by atoms with van der Waals surface area (Å²) in [5, 5.41) is 14.3. The van der Waals surface area contributed by atoms with Crippen LogP contribution >= 0.6 is 0 Å². The van der Waals surface area contributed by atoms with Crippen molar-refractivity contribution in [1.29, 1.82) is 0 Å². The molecule has 0 aliphatic carbocycles. The Bertz CT molecular complexity index is 523. The number of rotatable bonds is 4. The SMILES string of the molecule is CC(C)c1cccc2c1OCCCC2NCC1(O)CCOCC1. The molecule has 23 heavy (non-hydrogen) atoms. The molecule has 128 valence electrons. The molecule has 4 nitrogen and oxygen atoms in total. The molecule has 0 spiro atoms. The predicted octanol–water partition coefficient (Wildman–Crippen LogP) is 3.15. The second kappa shape index (κ2) is 7.20. The number of hydrogen-bond donors (Lipinski definition) is 2. The smallest absolute Gasteiger partial charge is 0.127 e. The summed E-state index contributed by atoms with van der Waals surface area (Å²) in [6.07, 6.45) is 3.50. The standard InChI is InChI=1S/C19H29NO3/c1-14(2)15-5-3-6-16-17(7-4-10-23-18(15)16)20-13-19(21)8-11-22-12-9-19/h3,5-6,14,17,20-21H,4,7-13H2,1-2H3. The van der Waals surface area contributed by atoms with Crippen molar-refractivity contribution in [2.75, 3.05) is 26.4 Å². The van der Waals surface area contributed by atoms with Gasteiger partial charge in [-0.2, -0.15) is 0 Å². The fraction of sp³-hybridized carbons (Fsp3) is 0.684. The molecule has 2 aliphatic rings. The van der Waals surface area contributed by atoms with Crippen LogP contribution in [0.5, 0.6) is 5.75 Å². The summed E-state index contributed by atoms with van der Waals surface area (Å²) in [5.74, 6) is 1.50. The molecule has 2 N–H and O–H groups in total. The average molecular weight is 319 g/mol. The van der Waals surface area contributed by atoms with Crippen LogP contribution < -0.4 is 10.1 Å². The van der Waals surface area contributed by atoms with Crippen LogP contribution in [0, 0.1) is 0 Å². The van der Waals surface area contributed by atoms with Gasteiger partial charge in [-0.1, -0.05) is 32.0 Å². The molecule has 0 aromatic heterocycles. The fourth-order valence-electron chi connectivity index (χ4n) is 3.54. The molecule has 1 fully saturated rings. The van der Waals surface area contributed by atoms with E-state index >= 15 is 0 Å². The van der Waals surface area contributed by atoms with Gasteiger partial charge in [0.2, 0.25) is 0 Å². The minimum atomic E-state index is -0.638. The summed E-state index contributed by atoms with van der Waals surface area (Å²) in [4.78, 5) is 0. The van der Waals surface area contributed by atoms with Gasteiger partial charge in [0.1, 0.15) is 5.75 Å². The number of aliphatic hydroxyl groups is 1. The maximum absolute atomic E-state index is 10.7. The fourth-order valence-corrected chi connectivity index (χ4v) is 3.54. The van der Waals surface area contributed by atoms with Gasteiger partial charge in [-0.15, -0.1) is 0 Å². The number of ether oxygens (including phenoxy) is 2. The van der Waals surface area contributed by atoms with Gasteiger partial charge in [-0.05, 0) is 24.3 Å². The Kier molecular flexibility index (Phi) is 5.24. The molecule has 4 heteroatoms.